The van der Waals surface area contributed by atoms with E-state index < -0.39 is 0 Å². The fraction of sp³-hybridized carbons (Fsp3) is 0.143. The molecule has 0 saturated heterocycles. The first-order valence-electron chi connectivity index (χ1n) is 8.59. The van der Waals surface area contributed by atoms with Crippen molar-refractivity contribution >= 4 is 33.7 Å². The molecule has 2 heterocycles. The number of benzene rings is 2. The smallest absolute Gasteiger partial charge is 0.265 e. The SMILES string of the molecule is Cc1nn(C)cc1NC(=O)c1cc(COc2ccc3ccccc3c2)cs1. The largest absolute Gasteiger partial charge is 0.489 e. The van der Waals surface area contributed by atoms with Crippen LogP contribution in [0.15, 0.2) is 60.1 Å². The minimum Gasteiger partial charge on any atom is -0.489 e. The van der Waals surface area contributed by atoms with Crippen LogP contribution < -0.4 is 10.1 Å². The highest BCUT2D eigenvalue weighted by atomic mass is 32.1. The van der Waals surface area contributed by atoms with Crippen LogP contribution in [0.3, 0.4) is 0 Å². The fourth-order valence-electron chi connectivity index (χ4n) is 2.90. The van der Waals surface area contributed by atoms with Crippen molar-refractivity contribution in [2.24, 2.45) is 7.05 Å². The Hall–Kier alpha value is -3.12. The summed E-state index contributed by atoms with van der Waals surface area (Å²) in [5.74, 6) is 0.685. The zero-order chi connectivity index (χ0) is 18.8. The Balaban J connectivity index is 1.41. The molecule has 0 saturated carbocycles. The van der Waals surface area contributed by atoms with Gasteiger partial charge in [0.15, 0.2) is 0 Å². The van der Waals surface area contributed by atoms with Crippen LogP contribution in [0.1, 0.15) is 20.9 Å². The molecule has 0 radical (unpaired) electrons. The number of anilines is 1. The highest BCUT2D eigenvalue weighted by Gasteiger charge is 2.12. The maximum Gasteiger partial charge on any atom is 0.265 e. The number of fused-ring (bicyclic) bond motifs is 1. The third kappa shape index (κ3) is 3.85. The molecule has 0 atom stereocenters. The Morgan fingerprint density at radius 2 is 2.00 bits per heavy atom. The van der Waals surface area contributed by atoms with E-state index in [4.69, 9.17) is 4.74 Å². The van der Waals surface area contributed by atoms with Gasteiger partial charge in [0, 0.05) is 18.8 Å². The average Bonchev–Trinajstić information content (AvgIpc) is 3.26. The van der Waals surface area contributed by atoms with Crippen molar-refractivity contribution in [1.82, 2.24) is 9.78 Å². The van der Waals surface area contributed by atoms with Gasteiger partial charge in [-0.1, -0.05) is 30.3 Å². The van der Waals surface area contributed by atoms with Crippen molar-refractivity contribution in [1.29, 1.82) is 0 Å². The number of hydrogen-bond donors (Lipinski definition) is 1. The summed E-state index contributed by atoms with van der Waals surface area (Å²) >= 11 is 1.41. The summed E-state index contributed by atoms with van der Waals surface area (Å²) in [7, 11) is 1.83. The summed E-state index contributed by atoms with van der Waals surface area (Å²) in [6, 6.07) is 16.1. The number of thiophene rings is 1. The van der Waals surface area contributed by atoms with Crippen LogP contribution in [-0.4, -0.2) is 15.7 Å². The van der Waals surface area contributed by atoms with E-state index in [0.29, 0.717) is 11.5 Å². The summed E-state index contributed by atoms with van der Waals surface area (Å²) in [6.45, 7) is 2.29. The molecule has 2 aromatic carbocycles. The quantitative estimate of drug-likeness (QED) is 0.545. The lowest BCUT2D eigenvalue weighted by Crippen LogP contribution is -2.10. The van der Waals surface area contributed by atoms with E-state index in [-0.39, 0.29) is 5.91 Å². The lowest BCUT2D eigenvalue weighted by molar-refractivity contribution is 0.103. The molecule has 0 aliphatic carbocycles. The summed E-state index contributed by atoms with van der Waals surface area (Å²) in [5, 5.41) is 11.4. The van der Waals surface area contributed by atoms with E-state index >= 15 is 0 Å². The number of aromatic nitrogens is 2. The molecular weight excluding hydrogens is 358 g/mol. The van der Waals surface area contributed by atoms with Crippen molar-refractivity contribution in [3.8, 4) is 5.75 Å². The lowest BCUT2D eigenvalue weighted by Gasteiger charge is -2.06. The minimum atomic E-state index is -0.131. The van der Waals surface area contributed by atoms with Crippen LogP contribution in [0.4, 0.5) is 5.69 Å². The fourth-order valence-corrected chi connectivity index (χ4v) is 3.69. The Kier molecular flexibility index (Phi) is 4.64. The molecule has 0 aliphatic heterocycles. The van der Waals surface area contributed by atoms with Gasteiger partial charge in [-0.2, -0.15) is 5.10 Å². The van der Waals surface area contributed by atoms with Crippen molar-refractivity contribution in [2.45, 2.75) is 13.5 Å². The monoisotopic (exact) mass is 377 g/mol. The molecule has 1 N–H and O–H groups in total. The van der Waals surface area contributed by atoms with Gasteiger partial charge < -0.3 is 10.1 Å². The molecule has 0 fully saturated rings. The van der Waals surface area contributed by atoms with Gasteiger partial charge in [0.25, 0.3) is 5.91 Å². The van der Waals surface area contributed by atoms with E-state index in [1.807, 2.05) is 55.7 Å². The second-order valence-corrected chi connectivity index (χ2v) is 7.28. The zero-order valence-corrected chi connectivity index (χ0v) is 15.9. The summed E-state index contributed by atoms with van der Waals surface area (Å²) in [4.78, 5) is 13.1. The van der Waals surface area contributed by atoms with Crippen LogP contribution in [0, 0.1) is 6.92 Å². The van der Waals surface area contributed by atoms with Crippen molar-refractivity contribution in [3.05, 3.63) is 76.2 Å². The maximum atomic E-state index is 12.4. The van der Waals surface area contributed by atoms with Gasteiger partial charge in [-0.15, -0.1) is 11.3 Å². The molecule has 0 unspecified atom stereocenters. The number of hydrogen-bond acceptors (Lipinski definition) is 4. The predicted molar refractivity (Wildman–Crippen MR) is 108 cm³/mol. The summed E-state index contributed by atoms with van der Waals surface area (Å²) in [6.07, 6.45) is 1.80. The van der Waals surface area contributed by atoms with Crippen molar-refractivity contribution in [3.63, 3.8) is 0 Å². The van der Waals surface area contributed by atoms with Crippen molar-refractivity contribution in [2.75, 3.05) is 5.32 Å². The number of ether oxygens (including phenoxy) is 1. The highest BCUT2D eigenvalue weighted by molar-refractivity contribution is 7.12. The molecule has 27 heavy (non-hydrogen) atoms. The third-order valence-corrected chi connectivity index (χ3v) is 5.24. The van der Waals surface area contributed by atoms with Crippen LogP contribution >= 0.6 is 11.3 Å². The van der Waals surface area contributed by atoms with Gasteiger partial charge in [-0.05, 0) is 41.3 Å². The highest BCUT2D eigenvalue weighted by Crippen LogP contribution is 2.23. The normalized spacial score (nSPS) is 10.9. The number of carbonyl (C=O) groups is 1. The standard InChI is InChI=1S/C21H19N3O2S/c1-14-19(11-24(2)23-14)22-21(25)20-9-15(13-27-20)12-26-18-8-7-16-5-3-4-6-17(16)10-18/h3-11,13H,12H2,1-2H3,(H,22,25). The molecule has 1 amide bonds. The number of aryl methyl sites for hydroxylation is 2. The number of carbonyl (C=O) groups excluding carboxylic acids is 1. The molecule has 136 valence electrons. The van der Waals surface area contributed by atoms with E-state index in [2.05, 4.69) is 22.5 Å². The first kappa shape index (κ1) is 17.3. The van der Waals surface area contributed by atoms with E-state index in [1.165, 1.54) is 16.7 Å². The second-order valence-electron chi connectivity index (χ2n) is 6.37. The van der Waals surface area contributed by atoms with Gasteiger partial charge in [0.2, 0.25) is 0 Å². The first-order valence-corrected chi connectivity index (χ1v) is 9.47. The van der Waals surface area contributed by atoms with Crippen molar-refractivity contribution < 1.29 is 9.53 Å². The molecule has 6 heteroatoms. The Morgan fingerprint density at radius 1 is 1.19 bits per heavy atom. The molecule has 0 spiro atoms. The number of amides is 1. The summed E-state index contributed by atoms with van der Waals surface area (Å²) < 4.78 is 7.58. The Labute approximate surface area is 161 Å². The van der Waals surface area contributed by atoms with E-state index in [1.54, 1.807) is 10.9 Å². The molecule has 0 bridgehead atoms. The molecule has 4 rings (SSSR count). The van der Waals surface area contributed by atoms with E-state index in [0.717, 1.165) is 28.1 Å². The maximum absolute atomic E-state index is 12.4. The molecule has 5 nitrogen and oxygen atoms in total. The van der Waals surface area contributed by atoms with Gasteiger partial charge in [0.1, 0.15) is 12.4 Å². The van der Waals surface area contributed by atoms with Gasteiger partial charge in [-0.3, -0.25) is 9.48 Å². The minimum absolute atomic E-state index is 0.131. The first-order chi connectivity index (χ1) is 13.1. The summed E-state index contributed by atoms with van der Waals surface area (Å²) in [5.41, 5.74) is 2.49. The molecule has 4 aromatic rings. The van der Waals surface area contributed by atoms with Crippen LogP contribution in [0.2, 0.25) is 0 Å². The zero-order valence-electron chi connectivity index (χ0n) is 15.1. The Morgan fingerprint density at radius 3 is 2.78 bits per heavy atom. The molecular formula is C21H19N3O2S. The third-order valence-electron chi connectivity index (χ3n) is 4.27. The lowest BCUT2D eigenvalue weighted by atomic mass is 10.1. The van der Waals surface area contributed by atoms with E-state index in [9.17, 15) is 4.79 Å². The molecule has 0 aliphatic rings. The number of nitrogens with zero attached hydrogens (tertiary/aromatic N) is 2. The predicted octanol–water partition coefficient (Wildman–Crippen LogP) is 4.77. The van der Waals surface area contributed by atoms with Crippen LogP contribution in [0.25, 0.3) is 10.8 Å². The Bertz CT molecular complexity index is 1110. The number of rotatable bonds is 5. The topological polar surface area (TPSA) is 56.2 Å². The van der Waals surface area contributed by atoms with Crippen LogP contribution in [0.5, 0.6) is 5.75 Å². The molecule has 2 aromatic heterocycles. The number of nitrogens with one attached hydrogen (secondary N) is 1. The van der Waals surface area contributed by atoms with Gasteiger partial charge in [-0.25, -0.2) is 0 Å². The van der Waals surface area contributed by atoms with Gasteiger partial charge >= 0.3 is 0 Å². The second kappa shape index (κ2) is 7.25. The van der Waals surface area contributed by atoms with Crippen LogP contribution in [-0.2, 0) is 13.7 Å². The van der Waals surface area contributed by atoms with Gasteiger partial charge in [0.05, 0.1) is 16.3 Å². The average molecular weight is 377 g/mol.